The van der Waals surface area contributed by atoms with Crippen molar-refractivity contribution in [3.8, 4) is 5.75 Å². The second-order valence-corrected chi connectivity index (χ2v) is 6.30. The molecule has 3 heterocycles. The van der Waals surface area contributed by atoms with Crippen LogP contribution in [-0.4, -0.2) is 27.1 Å². The minimum atomic E-state index is -4.47. The fraction of sp³-hybridized carbons (Fsp3) is 0.278. The van der Waals surface area contributed by atoms with Crippen molar-refractivity contribution in [2.75, 3.05) is 6.61 Å². The Morgan fingerprint density at radius 2 is 2.04 bits per heavy atom. The van der Waals surface area contributed by atoms with E-state index in [0.717, 1.165) is 23.6 Å². The SMILES string of the molecule is O=C(NCc1nnc2ccc(C(F)(F)F)cn12)[C@@H]1COc2ccccc2C1. The molecule has 0 bridgehead atoms. The minimum absolute atomic E-state index is 0.0283. The lowest BCUT2D eigenvalue weighted by Gasteiger charge is -2.24. The van der Waals surface area contributed by atoms with Crippen molar-refractivity contribution < 1.29 is 22.7 Å². The summed E-state index contributed by atoms with van der Waals surface area (Å²) in [4.78, 5) is 12.4. The number of benzene rings is 1. The van der Waals surface area contributed by atoms with Crippen LogP contribution in [0, 0.1) is 5.92 Å². The van der Waals surface area contributed by atoms with Gasteiger partial charge < -0.3 is 10.1 Å². The number of hydrogen-bond acceptors (Lipinski definition) is 4. The zero-order valence-corrected chi connectivity index (χ0v) is 14.0. The molecule has 27 heavy (non-hydrogen) atoms. The van der Waals surface area contributed by atoms with Gasteiger partial charge in [-0.3, -0.25) is 9.20 Å². The number of amides is 1. The Balaban J connectivity index is 1.46. The highest BCUT2D eigenvalue weighted by Gasteiger charge is 2.31. The van der Waals surface area contributed by atoms with Crippen LogP contribution in [0.1, 0.15) is 17.0 Å². The number of ether oxygens (including phenoxy) is 1. The summed E-state index contributed by atoms with van der Waals surface area (Å²) in [5.41, 5.74) is 0.425. The van der Waals surface area contributed by atoms with Crippen molar-refractivity contribution in [1.29, 1.82) is 0 Å². The highest BCUT2D eigenvalue weighted by molar-refractivity contribution is 5.79. The van der Waals surface area contributed by atoms with E-state index in [9.17, 15) is 18.0 Å². The molecule has 1 N–H and O–H groups in total. The molecular weight excluding hydrogens is 361 g/mol. The molecule has 0 fully saturated rings. The Hall–Kier alpha value is -3.10. The average Bonchev–Trinajstić information content (AvgIpc) is 3.07. The lowest BCUT2D eigenvalue weighted by molar-refractivity contribution is -0.138. The van der Waals surface area contributed by atoms with E-state index >= 15 is 0 Å². The molecule has 6 nitrogen and oxygen atoms in total. The third kappa shape index (κ3) is 3.44. The first-order chi connectivity index (χ1) is 12.9. The number of nitrogens with one attached hydrogen (secondary N) is 1. The molecule has 9 heteroatoms. The maximum absolute atomic E-state index is 12.9. The van der Waals surface area contributed by atoms with Gasteiger partial charge in [0.15, 0.2) is 11.5 Å². The molecule has 4 rings (SSSR count). The van der Waals surface area contributed by atoms with Gasteiger partial charge in [0.25, 0.3) is 0 Å². The van der Waals surface area contributed by atoms with E-state index in [4.69, 9.17) is 4.74 Å². The fourth-order valence-electron chi connectivity index (χ4n) is 3.03. The van der Waals surface area contributed by atoms with Crippen LogP contribution in [0.3, 0.4) is 0 Å². The second kappa shape index (κ2) is 6.57. The average molecular weight is 376 g/mol. The number of aromatic nitrogens is 3. The molecule has 1 atom stereocenters. The molecule has 1 aliphatic heterocycles. The maximum atomic E-state index is 12.9. The van der Waals surface area contributed by atoms with Gasteiger partial charge in [0.1, 0.15) is 12.4 Å². The van der Waals surface area contributed by atoms with Gasteiger partial charge in [-0.2, -0.15) is 13.2 Å². The molecule has 0 radical (unpaired) electrons. The summed E-state index contributed by atoms with van der Waals surface area (Å²) in [6.45, 7) is 0.223. The standard InChI is InChI=1S/C18H15F3N4O2/c19-18(20,21)13-5-6-15-23-24-16(25(15)9-13)8-22-17(26)12-7-11-3-1-2-4-14(11)27-10-12/h1-6,9,12H,7-8,10H2,(H,22,26)/t12-/m0/s1. The van der Waals surface area contributed by atoms with Gasteiger partial charge >= 0.3 is 6.18 Å². The van der Waals surface area contributed by atoms with E-state index in [1.807, 2.05) is 24.3 Å². The van der Waals surface area contributed by atoms with Crippen molar-refractivity contribution in [3.05, 3.63) is 59.5 Å². The maximum Gasteiger partial charge on any atom is 0.417 e. The van der Waals surface area contributed by atoms with Gasteiger partial charge in [0, 0.05) is 6.20 Å². The van der Waals surface area contributed by atoms with Gasteiger partial charge in [-0.1, -0.05) is 18.2 Å². The highest BCUT2D eigenvalue weighted by atomic mass is 19.4. The summed E-state index contributed by atoms with van der Waals surface area (Å²) < 4.78 is 45.5. The lowest BCUT2D eigenvalue weighted by atomic mass is 9.96. The van der Waals surface area contributed by atoms with Crippen molar-refractivity contribution in [2.45, 2.75) is 19.1 Å². The number of para-hydroxylation sites is 1. The number of alkyl halides is 3. The number of nitrogens with zero attached hydrogens (tertiary/aromatic N) is 3. The first-order valence-electron chi connectivity index (χ1n) is 8.31. The lowest BCUT2D eigenvalue weighted by Crippen LogP contribution is -2.37. The predicted molar refractivity (Wildman–Crippen MR) is 89.0 cm³/mol. The number of carbonyl (C=O) groups is 1. The van der Waals surface area contributed by atoms with Crippen LogP contribution in [-0.2, 0) is 23.9 Å². The van der Waals surface area contributed by atoms with Crippen LogP contribution < -0.4 is 10.1 Å². The Morgan fingerprint density at radius 1 is 1.22 bits per heavy atom. The molecule has 1 amide bonds. The third-order valence-electron chi connectivity index (χ3n) is 4.47. The first-order valence-corrected chi connectivity index (χ1v) is 8.31. The molecule has 0 aliphatic carbocycles. The fourth-order valence-corrected chi connectivity index (χ4v) is 3.03. The summed E-state index contributed by atoms with van der Waals surface area (Å²) >= 11 is 0. The van der Waals surface area contributed by atoms with E-state index in [1.165, 1.54) is 10.5 Å². The van der Waals surface area contributed by atoms with Gasteiger partial charge in [-0.15, -0.1) is 10.2 Å². The van der Waals surface area contributed by atoms with Crippen LogP contribution in [0.25, 0.3) is 5.65 Å². The minimum Gasteiger partial charge on any atom is -0.492 e. The Kier molecular flexibility index (Phi) is 4.21. The number of hydrogen-bond donors (Lipinski definition) is 1. The van der Waals surface area contributed by atoms with Crippen molar-refractivity contribution in [1.82, 2.24) is 19.9 Å². The molecule has 0 unspecified atom stereocenters. The number of halogens is 3. The van der Waals surface area contributed by atoms with Gasteiger partial charge in [0.2, 0.25) is 5.91 Å². The molecule has 1 aromatic carbocycles. The predicted octanol–water partition coefficient (Wildman–Crippen LogP) is 2.62. The summed E-state index contributed by atoms with van der Waals surface area (Å²) in [6, 6.07) is 9.69. The van der Waals surface area contributed by atoms with Crippen LogP contribution in [0.2, 0.25) is 0 Å². The topological polar surface area (TPSA) is 68.5 Å². The number of carbonyl (C=O) groups excluding carboxylic acids is 1. The van der Waals surface area contributed by atoms with Crippen molar-refractivity contribution in [2.24, 2.45) is 5.92 Å². The van der Waals surface area contributed by atoms with Crippen molar-refractivity contribution in [3.63, 3.8) is 0 Å². The van der Waals surface area contributed by atoms with E-state index in [-0.39, 0.29) is 36.4 Å². The monoisotopic (exact) mass is 376 g/mol. The third-order valence-corrected chi connectivity index (χ3v) is 4.47. The number of rotatable bonds is 3. The van der Waals surface area contributed by atoms with Crippen LogP contribution in [0.4, 0.5) is 13.2 Å². The summed E-state index contributed by atoms with van der Waals surface area (Å²) in [7, 11) is 0. The van der Waals surface area contributed by atoms with E-state index in [0.29, 0.717) is 6.42 Å². The zero-order chi connectivity index (χ0) is 19.0. The second-order valence-electron chi connectivity index (χ2n) is 6.30. The van der Waals surface area contributed by atoms with Crippen molar-refractivity contribution >= 4 is 11.6 Å². The quantitative estimate of drug-likeness (QED) is 0.763. The van der Waals surface area contributed by atoms with Gasteiger partial charge in [0.05, 0.1) is 18.0 Å². The van der Waals surface area contributed by atoms with E-state index < -0.39 is 11.7 Å². The Labute approximate surface area is 152 Å². The number of pyridine rings is 1. The Bertz CT molecular complexity index is 1000. The van der Waals surface area contributed by atoms with Crippen LogP contribution in [0.15, 0.2) is 42.6 Å². The highest BCUT2D eigenvalue weighted by Crippen LogP contribution is 2.29. The normalized spacial score (nSPS) is 16.6. The van der Waals surface area contributed by atoms with Gasteiger partial charge in [-0.05, 0) is 30.2 Å². The summed E-state index contributed by atoms with van der Waals surface area (Å²) in [5, 5.41) is 10.4. The molecular formula is C18H15F3N4O2. The molecule has 2 aromatic heterocycles. The van der Waals surface area contributed by atoms with Gasteiger partial charge in [-0.25, -0.2) is 0 Å². The summed E-state index contributed by atoms with van der Waals surface area (Å²) in [5.74, 6) is 0.379. The zero-order valence-electron chi connectivity index (χ0n) is 14.0. The van der Waals surface area contributed by atoms with Crippen LogP contribution in [0.5, 0.6) is 5.75 Å². The largest absolute Gasteiger partial charge is 0.492 e. The first kappa shape index (κ1) is 17.3. The number of fused-ring (bicyclic) bond motifs is 2. The summed E-state index contributed by atoms with van der Waals surface area (Å²) in [6.07, 6.45) is -3.00. The molecule has 1 aliphatic rings. The molecule has 0 saturated heterocycles. The van der Waals surface area contributed by atoms with Crippen LogP contribution >= 0.6 is 0 Å². The van der Waals surface area contributed by atoms with E-state index in [1.54, 1.807) is 0 Å². The molecule has 0 spiro atoms. The molecule has 140 valence electrons. The molecule has 0 saturated carbocycles. The smallest absolute Gasteiger partial charge is 0.417 e. The molecule has 3 aromatic rings. The Morgan fingerprint density at radius 3 is 2.85 bits per heavy atom. The van der Waals surface area contributed by atoms with E-state index in [2.05, 4.69) is 15.5 Å².